The highest BCUT2D eigenvalue weighted by atomic mass is 35.5. The van der Waals surface area contributed by atoms with E-state index < -0.39 is 0 Å². The van der Waals surface area contributed by atoms with Crippen LogP contribution in [-0.4, -0.2) is 61.2 Å². The smallest absolute Gasteiger partial charge is 0.219 e. The molecule has 1 aromatic heterocycles. The number of halogens is 1. The summed E-state index contributed by atoms with van der Waals surface area (Å²) in [5.74, 6) is 2.40. The first-order valence-corrected chi connectivity index (χ1v) is 12.0. The number of piperidine rings is 2. The van der Waals surface area contributed by atoms with Gasteiger partial charge in [-0.15, -0.1) is 12.4 Å². The molecule has 3 aliphatic heterocycles. The predicted molar refractivity (Wildman–Crippen MR) is 125 cm³/mol. The van der Waals surface area contributed by atoms with Crippen molar-refractivity contribution >= 4 is 18.3 Å². The van der Waals surface area contributed by atoms with Gasteiger partial charge in [-0.3, -0.25) is 14.7 Å². The molecular weight excluding hydrogens is 412 g/mol. The number of likely N-dealkylation sites (tertiary alicyclic amines) is 1. The summed E-state index contributed by atoms with van der Waals surface area (Å²) in [5.41, 5.74) is 1.31. The third-order valence-corrected chi connectivity index (χ3v) is 7.15. The predicted octanol–water partition coefficient (Wildman–Crippen LogP) is 3.02. The summed E-state index contributed by atoms with van der Waals surface area (Å²) in [4.78, 5) is 19.1. The van der Waals surface area contributed by atoms with Crippen LogP contribution in [0.2, 0.25) is 0 Å². The molecule has 174 valence electrons. The van der Waals surface area contributed by atoms with Gasteiger partial charge < -0.3 is 15.4 Å². The molecular formula is C24H39ClN4O2. The average molecular weight is 451 g/mol. The van der Waals surface area contributed by atoms with E-state index in [1.165, 1.54) is 18.5 Å². The number of amides is 1. The minimum Gasteiger partial charge on any atom is -0.381 e. The lowest BCUT2D eigenvalue weighted by molar-refractivity contribution is -0.121. The van der Waals surface area contributed by atoms with Crippen molar-refractivity contribution in [3.05, 3.63) is 30.1 Å². The molecule has 0 aromatic carbocycles. The molecule has 3 fully saturated rings. The first kappa shape index (κ1) is 24.4. The SMILES string of the molecule is Cl.O=C(CCC[C@H]1NC[C@@H]2C[C@@H]1CN(Cc1cccnc1)C2)NCCC1CCOCC1. The van der Waals surface area contributed by atoms with E-state index in [2.05, 4.69) is 26.6 Å². The van der Waals surface area contributed by atoms with E-state index in [1.807, 2.05) is 18.5 Å². The van der Waals surface area contributed by atoms with Gasteiger partial charge in [0.1, 0.15) is 0 Å². The van der Waals surface area contributed by atoms with Crippen molar-refractivity contribution < 1.29 is 9.53 Å². The number of rotatable bonds is 9. The quantitative estimate of drug-likeness (QED) is 0.605. The number of hydrogen-bond acceptors (Lipinski definition) is 5. The molecule has 3 atom stereocenters. The maximum atomic E-state index is 12.2. The number of carbonyl (C=O) groups is 1. The molecule has 0 unspecified atom stereocenters. The zero-order chi connectivity index (χ0) is 20.6. The van der Waals surface area contributed by atoms with Crippen LogP contribution < -0.4 is 10.6 Å². The number of fused-ring (bicyclic) bond motifs is 2. The lowest BCUT2D eigenvalue weighted by atomic mass is 9.79. The van der Waals surface area contributed by atoms with E-state index in [9.17, 15) is 4.79 Å². The zero-order valence-electron chi connectivity index (χ0n) is 18.6. The second-order valence-corrected chi connectivity index (χ2v) is 9.52. The number of ether oxygens (including phenoxy) is 1. The van der Waals surface area contributed by atoms with Gasteiger partial charge in [0.15, 0.2) is 0 Å². The third kappa shape index (κ3) is 7.70. The fourth-order valence-corrected chi connectivity index (χ4v) is 5.51. The molecule has 1 aromatic rings. The molecule has 1 amide bonds. The molecule has 0 radical (unpaired) electrons. The molecule has 7 heteroatoms. The van der Waals surface area contributed by atoms with Gasteiger partial charge in [0.25, 0.3) is 0 Å². The van der Waals surface area contributed by atoms with Crippen LogP contribution in [0.3, 0.4) is 0 Å². The van der Waals surface area contributed by atoms with Gasteiger partial charge >= 0.3 is 0 Å². The van der Waals surface area contributed by atoms with Crippen LogP contribution in [-0.2, 0) is 16.1 Å². The molecule has 4 rings (SSSR count). The highest BCUT2D eigenvalue weighted by molar-refractivity contribution is 5.85. The van der Waals surface area contributed by atoms with Gasteiger partial charge in [-0.25, -0.2) is 0 Å². The van der Waals surface area contributed by atoms with Crippen molar-refractivity contribution in [3.63, 3.8) is 0 Å². The van der Waals surface area contributed by atoms with Gasteiger partial charge in [-0.1, -0.05) is 6.07 Å². The van der Waals surface area contributed by atoms with E-state index in [-0.39, 0.29) is 18.3 Å². The Morgan fingerprint density at radius 1 is 1.26 bits per heavy atom. The number of hydrogen-bond donors (Lipinski definition) is 2. The Hall–Kier alpha value is -1.21. The summed E-state index contributed by atoms with van der Waals surface area (Å²) < 4.78 is 5.40. The van der Waals surface area contributed by atoms with Crippen molar-refractivity contribution in [3.8, 4) is 0 Å². The highest BCUT2D eigenvalue weighted by Crippen LogP contribution is 2.31. The fraction of sp³-hybridized carbons (Fsp3) is 0.750. The Labute approximate surface area is 193 Å². The molecule has 4 heterocycles. The Bertz CT molecular complexity index is 656. The minimum absolute atomic E-state index is 0. The number of aromatic nitrogens is 1. The first-order valence-electron chi connectivity index (χ1n) is 12.0. The second kappa shape index (κ2) is 12.7. The average Bonchev–Trinajstić information content (AvgIpc) is 2.77. The molecule has 2 bridgehead atoms. The molecule has 6 nitrogen and oxygen atoms in total. The highest BCUT2D eigenvalue weighted by Gasteiger charge is 2.36. The van der Waals surface area contributed by atoms with Gasteiger partial charge in [-0.2, -0.15) is 0 Å². The van der Waals surface area contributed by atoms with Crippen LogP contribution in [0.25, 0.3) is 0 Å². The van der Waals surface area contributed by atoms with Crippen molar-refractivity contribution in [2.24, 2.45) is 17.8 Å². The maximum Gasteiger partial charge on any atom is 0.219 e. The lowest BCUT2D eigenvalue weighted by Gasteiger charge is -2.46. The maximum absolute atomic E-state index is 12.2. The summed E-state index contributed by atoms with van der Waals surface area (Å²) in [5, 5.41) is 6.91. The fourth-order valence-electron chi connectivity index (χ4n) is 5.51. The number of nitrogens with zero attached hydrogens (tertiary/aromatic N) is 2. The first-order chi connectivity index (χ1) is 14.8. The standard InChI is InChI=1S/C24H38N4O2.ClH/c29-24(26-10-6-19-7-11-30-12-8-19)5-1-4-23-22-13-21(15-27-23)17-28(18-22)16-20-3-2-9-25-14-20;/h2-3,9,14,19,21-23,27H,1,4-8,10-13,15-18H2,(H,26,29);1H/t21-,22+,23+;/m0./s1. The summed E-state index contributed by atoms with van der Waals surface area (Å²) >= 11 is 0. The largest absolute Gasteiger partial charge is 0.381 e. The van der Waals surface area contributed by atoms with Gasteiger partial charge in [0.2, 0.25) is 5.91 Å². The molecule has 2 N–H and O–H groups in total. The van der Waals surface area contributed by atoms with Crippen LogP contribution in [0.1, 0.15) is 50.5 Å². The monoisotopic (exact) mass is 450 g/mol. The van der Waals surface area contributed by atoms with Crippen molar-refractivity contribution in [2.45, 2.75) is 57.5 Å². The summed E-state index contributed by atoms with van der Waals surface area (Å²) in [6, 6.07) is 4.75. The van der Waals surface area contributed by atoms with Crippen molar-refractivity contribution in [1.29, 1.82) is 0 Å². The molecule has 3 aliphatic rings. The zero-order valence-corrected chi connectivity index (χ0v) is 19.5. The van der Waals surface area contributed by atoms with Crippen LogP contribution >= 0.6 is 12.4 Å². The Morgan fingerprint density at radius 2 is 2.13 bits per heavy atom. The van der Waals surface area contributed by atoms with Crippen LogP contribution in [0.5, 0.6) is 0 Å². The molecule has 31 heavy (non-hydrogen) atoms. The molecule has 0 saturated carbocycles. The van der Waals surface area contributed by atoms with E-state index >= 15 is 0 Å². The van der Waals surface area contributed by atoms with E-state index in [1.54, 1.807) is 0 Å². The molecule has 3 saturated heterocycles. The summed E-state index contributed by atoms with van der Waals surface area (Å²) in [6.07, 6.45) is 11.3. The van der Waals surface area contributed by atoms with Crippen molar-refractivity contribution in [1.82, 2.24) is 20.5 Å². The summed E-state index contributed by atoms with van der Waals surface area (Å²) in [7, 11) is 0. The Kier molecular flexibility index (Phi) is 10.0. The van der Waals surface area contributed by atoms with Crippen molar-refractivity contribution in [2.75, 3.05) is 39.4 Å². The lowest BCUT2D eigenvalue weighted by Crippen LogP contribution is -2.55. The van der Waals surface area contributed by atoms with Gasteiger partial charge in [0, 0.05) is 64.2 Å². The van der Waals surface area contributed by atoms with E-state index in [4.69, 9.17) is 4.74 Å². The normalized spacial score (nSPS) is 26.8. The second-order valence-electron chi connectivity index (χ2n) is 9.52. The number of nitrogens with one attached hydrogen (secondary N) is 2. The van der Waals surface area contributed by atoms with Crippen LogP contribution in [0.4, 0.5) is 0 Å². The van der Waals surface area contributed by atoms with E-state index in [0.29, 0.717) is 18.4 Å². The summed E-state index contributed by atoms with van der Waals surface area (Å²) in [6.45, 7) is 7.04. The minimum atomic E-state index is 0. The third-order valence-electron chi connectivity index (χ3n) is 7.15. The van der Waals surface area contributed by atoms with Gasteiger partial charge in [0.05, 0.1) is 0 Å². The van der Waals surface area contributed by atoms with Crippen LogP contribution in [0, 0.1) is 17.8 Å². The molecule has 0 aliphatic carbocycles. The number of carbonyl (C=O) groups excluding carboxylic acids is 1. The number of pyridine rings is 1. The molecule has 0 spiro atoms. The van der Waals surface area contributed by atoms with Crippen LogP contribution in [0.15, 0.2) is 24.5 Å². The topological polar surface area (TPSA) is 66.5 Å². The Balaban J connectivity index is 0.00000272. The van der Waals surface area contributed by atoms with E-state index in [0.717, 1.165) is 83.3 Å². The van der Waals surface area contributed by atoms with Gasteiger partial charge in [-0.05, 0) is 74.5 Å². The Morgan fingerprint density at radius 3 is 2.94 bits per heavy atom.